The number of hydrogen-bond acceptors (Lipinski definition) is 3. The Morgan fingerprint density at radius 1 is 1.43 bits per heavy atom. The van der Waals surface area contributed by atoms with Crippen LogP contribution in [0.3, 0.4) is 0 Å². The molecule has 0 fully saturated rings. The van der Waals surface area contributed by atoms with Gasteiger partial charge in [0.25, 0.3) is 5.69 Å². The largest absolute Gasteiger partial charge is 0.271 e. The molecular weight excluding hydrogens is 200 g/mol. The van der Waals surface area contributed by atoms with Gasteiger partial charge in [0.15, 0.2) is 0 Å². The van der Waals surface area contributed by atoms with Gasteiger partial charge in [0.1, 0.15) is 0 Å². The zero-order chi connectivity index (χ0) is 10.7. The minimum Gasteiger partial charge on any atom is -0.258 e. The molecule has 0 aliphatic carbocycles. The Balaban J connectivity index is 3.22. The lowest BCUT2D eigenvalue weighted by Gasteiger charge is -2.00. The average Bonchev–Trinajstić information content (AvgIpc) is 2.07. The maximum Gasteiger partial charge on any atom is 0.271 e. The summed E-state index contributed by atoms with van der Waals surface area (Å²) in [5.74, 6) is 0. The van der Waals surface area contributed by atoms with Crippen molar-refractivity contribution in [3.05, 3.63) is 33.9 Å². The summed E-state index contributed by atoms with van der Waals surface area (Å²) in [6.45, 7) is 1.90. The van der Waals surface area contributed by atoms with Crippen molar-refractivity contribution in [1.82, 2.24) is 0 Å². The van der Waals surface area contributed by atoms with Crippen molar-refractivity contribution in [3.63, 3.8) is 0 Å². The molecule has 0 aliphatic rings. The number of rotatable bonds is 2. The van der Waals surface area contributed by atoms with Gasteiger partial charge in [-0.15, -0.1) is 10.7 Å². The van der Waals surface area contributed by atoms with Gasteiger partial charge in [-0.25, -0.2) is 4.36 Å². The summed E-state index contributed by atoms with van der Waals surface area (Å²) in [4.78, 5) is 10.1. The van der Waals surface area contributed by atoms with Crippen LogP contribution in [-0.2, 0) is 10.7 Å². The maximum atomic E-state index is 10.5. The van der Waals surface area contributed by atoms with E-state index >= 15 is 0 Å². The highest BCUT2D eigenvalue weighted by molar-refractivity contribution is 7.85. The van der Waals surface area contributed by atoms with Crippen LogP contribution in [0, 0.1) is 17.0 Å². The lowest BCUT2D eigenvalue weighted by Crippen LogP contribution is -1.88. The molecule has 0 aromatic heterocycles. The van der Waals surface area contributed by atoms with Crippen LogP contribution >= 0.6 is 0 Å². The van der Waals surface area contributed by atoms with E-state index in [1.807, 2.05) is 19.4 Å². The third kappa shape index (κ3) is 2.63. The summed E-state index contributed by atoms with van der Waals surface area (Å²) >= 11 is 0. The molecule has 14 heavy (non-hydrogen) atoms. The third-order valence-electron chi connectivity index (χ3n) is 1.68. The number of non-ortho nitro benzene ring substituents is 1. The molecule has 1 aromatic rings. The van der Waals surface area contributed by atoms with Crippen LogP contribution in [0.2, 0.25) is 0 Å². The molecule has 0 amide bonds. The van der Waals surface area contributed by atoms with E-state index in [1.54, 1.807) is 6.07 Å². The lowest BCUT2D eigenvalue weighted by atomic mass is 10.2. The van der Waals surface area contributed by atoms with E-state index in [9.17, 15) is 10.1 Å². The zero-order valence-electron chi connectivity index (χ0n) is 8.35. The molecule has 1 rings (SSSR count). The first-order valence-corrected chi connectivity index (χ1v) is 6.05. The van der Waals surface area contributed by atoms with Crippen molar-refractivity contribution in [3.8, 4) is 0 Å². The first-order valence-electron chi connectivity index (χ1n) is 4.05. The molecule has 76 valence electrons. The van der Waals surface area contributed by atoms with Crippen molar-refractivity contribution in [2.75, 3.05) is 12.5 Å². The van der Waals surface area contributed by atoms with Crippen molar-refractivity contribution < 1.29 is 4.92 Å². The second-order valence-electron chi connectivity index (χ2n) is 3.09. The molecule has 0 radical (unpaired) electrons. The van der Waals surface area contributed by atoms with Gasteiger partial charge in [0.2, 0.25) is 0 Å². The number of aryl methyl sites for hydroxylation is 1. The molecule has 0 spiro atoms. The highest BCUT2D eigenvalue weighted by Crippen LogP contribution is 2.24. The van der Waals surface area contributed by atoms with Crippen LogP contribution in [0.1, 0.15) is 5.56 Å². The van der Waals surface area contributed by atoms with Gasteiger partial charge in [0.05, 0.1) is 10.6 Å². The summed E-state index contributed by atoms with van der Waals surface area (Å²) < 4.78 is 4.33. The Kier molecular flexibility index (Phi) is 3.35. The van der Waals surface area contributed by atoms with Crippen LogP contribution in [0.4, 0.5) is 11.4 Å². The predicted octanol–water partition coefficient (Wildman–Crippen LogP) is 2.60. The Morgan fingerprint density at radius 2 is 2.07 bits per heavy atom. The normalized spacial score (nSPS) is 10.3. The first kappa shape index (κ1) is 10.8. The van der Waals surface area contributed by atoms with Gasteiger partial charge in [-0.1, -0.05) is 6.07 Å². The fraction of sp³-hybridized carbons (Fsp3) is 0.333. The Bertz CT molecular complexity index is 398. The van der Waals surface area contributed by atoms with Gasteiger partial charge in [-0.2, -0.15) is 0 Å². The molecule has 1 aromatic carbocycles. The third-order valence-corrected chi connectivity index (χ3v) is 2.25. The number of hydrogen-bond donors (Lipinski definition) is 0. The minimum atomic E-state index is -0.401. The molecular formula is C9H12N2O2S. The van der Waals surface area contributed by atoms with Crippen molar-refractivity contribution in [2.24, 2.45) is 4.36 Å². The summed E-state index contributed by atoms with van der Waals surface area (Å²) in [6.07, 6.45) is 3.94. The Morgan fingerprint density at radius 3 is 2.57 bits per heavy atom. The van der Waals surface area contributed by atoms with Gasteiger partial charge in [-0.05, 0) is 25.0 Å². The second kappa shape index (κ2) is 4.32. The summed E-state index contributed by atoms with van der Waals surface area (Å²) in [6, 6.07) is 4.74. The molecule has 0 saturated carbocycles. The van der Waals surface area contributed by atoms with Crippen molar-refractivity contribution in [1.29, 1.82) is 0 Å². The van der Waals surface area contributed by atoms with Gasteiger partial charge in [0, 0.05) is 12.1 Å². The SMILES string of the molecule is Cc1ccc([N+](=O)[O-])cc1N=S(C)C. The fourth-order valence-corrected chi connectivity index (χ4v) is 1.60. The Labute approximate surface area is 85.2 Å². The van der Waals surface area contributed by atoms with E-state index in [2.05, 4.69) is 4.36 Å². The average molecular weight is 212 g/mol. The van der Waals surface area contributed by atoms with E-state index < -0.39 is 4.92 Å². The molecule has 0 aliphatic heterocycles. The molecule has 5 heteroatoms. The number of nitro benzene ring substituents is 1. The number of nitro groups is 1. The van der Waals surface area contributed by atoms with E-state index in [0.29, 0.717) is 5.69 Å². The summed E-state index contributed by atoms with van der Waals surface area (Å²) in [5.41, 5.74) is 1.78. The van der Waals surface area contributed by atoms with Gasteiger partial charge >= 0.3 is 0 Å². The van der Waals surface area contributed by atoms with Crippen LogP contribution in [0.25, 0.3) is 0 Å². The quantitative estimate of drug-likeness (QED) is 0.559. The second-order valence-corrected chi connectivity index (χ2v) is 4.82. The zero-order valence-corrected chi connectivity index (χ0v) is 9.17. The lowest BCUT2D eigenvalue weighted by molar-refractivity contribution is -0.384. The molecule has 0 atom stereocenters. The smallest absolute Gasteiger partial charge is 0.258 e. The monoisotopic (exact) mass is 212 g/mol. The molecule has 0 unspecified atom stereocenters. The van der Waals surface area contributed by atoms with Crippen LogP contribution in [0.15, 0.2) is 22.6 Å². The van der Waals surface area contributed by atoms with Crippen LogP contribution in [-0.4, -0.2) is 17.4 Å². The summed E-state index contributed by atoms with van der Waals surface area (Å²) in [5, 5.41) is 10.5. The molecule has 0 heterocycles. The van der Waals surface area contributed by atoms with Gasteiger partial charge < -0.3 is 0 Å². The van der Waals surface area contributed by atoms with E-state index in [-0.39, 0.29) is 16.4 Å². The maximum absolute atomic E-state index is 10.5. The fourth-order valence-electron chi connectivity index (χ4n) is 1.01. The minimum absolute atomic E-state index is 0.0959. The van der Waals surface area contributed by atoms with Crippen LogP contribution in [0.5, 0.6) is 0 Å². The molecule has 4 nitrogen and oxygen atoms in total. The standard InChI is InChI=1S/C9H12N2O2S/c1-7-4-5-8(11(12)13)6-9(7)10-14(2)3/h4-6H,1-3H3. The van der Waals surface area contributed by atoms with E-state index in [1.165, 1.54) is 12.1 Å². The number of benzene rings is 1. The highest BCUT2D eigenvalue weighted by Gasteiger charge is 2.07. The van der Waals surface area contributed by atoms with Crippen molar-refractivity contribution >= 4 is 22.1 Å². The summed E-state index contributed by atoms with van der Waals surface area (Å²) in [7, 11) is -0.0959. The van der Waals surface area contributed by atoms with E-state index in [0.717, 1.165) is 5.56 Å². The van der Waals surface area contributed by atoms with Gasteiger partial charge in [-0.3, -0.25) is 10.1 Å². The van der Waals surface area contributed by atoms with Crippen molar-refractivity contribution in [2.45, 2.75) is 6.92 Å². The highest BCUT2D eigenvalue weighted by atomic mass is 32.2. The first-order chi connectivity index (χ1) is 6.50. The molecule has 0 saturated heterocycles. The predicted molar refractivity (Wildman–Crippen MR) is 59.1 cm³/mol. The topological polar surface area (TPSA) is 55.5 Å². The van der Waals surface area contributed by atoms with Crippen LogP contribution < -0.4 is 0 Å². The Hall–Kier alpha value is -1.23. The molecule has 0 N–H and O–H groups in total. The number of nitrogens with zero attached hydrogens (tertiary/aromatic N) is 2. The van der Waals surface area contributed by atoms with E-state index in [4.69, 9.17) is 0 Å². The molecule has 0 bridgehead atoms.